The predicted molar refractivity (Wildman–Crippen MR) is 103 cm³/mol. The highest BCUT2D eigenvalue weighted by molar-refractivity contribution is 6.29. The summed E-state index contributed by atoms with van der Waals surface area (Å²) in [7, 11) is 0. The Morgan fingerprint density at radius 2 is 1.81 bits per heavy atom. The molecule has 6 nitrogen and oxygen atoms in total. The molecule has 4 rings (SSSR count). The highest BCUT2D eigenvalue weighted by Crippen LogP contribution is 2.27. The number of halogens is 1. The lowest BCUT2D eigenvalue weighted by atomic mass is 9.90. The first-order valence-corrected chi connectivity index (χ1v) is 9.42. The van der Waals surface area contributed by atoms with Gasteiger partial charge in [0.05, 0.1) is 5.92 Å². The Morgan fingerprint density at radius 1 is 1.08 bits per heavy atom. The summed E-state index contributed by atoms with van der Waals surface area (Å²) in [5.74, 6) is 1.40. The predicted octanol–water partition coefficient (Wildman–Crippen LogP) is 2.67. The summed E-state index contributed by atoms with van der Waals surface area (Å²) in [5, 5.41) is 14.7. The fourth-order valence-corrected chi connectivity index (χ4v) is 3.65. The third-order valence-corrected chi connectivity index (χ3v) is 5.38. The maximum atomic E-state index is 12.4. The number of rotatable bonds is 4. The molecule has 0 aliphatic carbocycles. The Morgan fingerprint density at radius 3 is 2.46 bits per heavy atom. The maximum absolute atomic E-state index is 12.4. The number of hydrogen-bond acceptors (Lipinski definition) is 5. The number of piperidine rings is 1. The van der Waals surface area contributed by atoms with Crippen molar-refractivity contribution in [2.24, 2.45) is 5.92 Å². The Kier molecular flexibility index (Phi) is 5.04. The van der Waals surface area contributed by atoms with E-state index in [2.05, 4.69) is 33.0 Å². The van der Waals surface area contributed by atoms with E-state index in [1.165, 1.54) is 18.4 Å². The Bertz CT molecular complexity index is 753. The number of hydrogen-bond donors (Lipinski definition) is 2. The van der Waals surface area contributed by atoms with Crippen molar-refractivity contribution in [1.29, 1.82) is 0 Å². The van der Waals surface area contributed by atoms with E-state index >= 15 is 0 Å². The zero-order valence-electron chi connectivity index (χ0n) is 14.5. The molecule has 2 aliphatic rings. The number of carbonyl (C=O) groups excluding carboxylic acids is 1. The molecule has 2 N–H and O–H groups in total. The molecule has 7 heteroatoms. The molecule has 2 fully saturated rings. The SMILES string of the molecule is O=C(Nc1ccc(C2CCNCC2)cc1)C1CN(c2ccc(Cl)nn2)C1. The summed E-state index contributed by atoms with van der Waals surface area (Å²) < 4.78 is 0. The second kappa shape index (κ2) is 7.60. The number of anilines is 2. The highest BCUT2D eigenvalue weighted by atomic mass is 35.5. The molecule has 26 heavy (non-hydrogen) atoms. The van der Waals surface area contributed by atoms with Gasteiger partial charge in [-0.3, -0.25) is 4.79 Å². The molecule has 2 aliphatic heterocycles. The number of benzene rings is 1. The largest absolute Gasteiger partial charge is 0.353 e. The van der Waals surface area contributed by atoms with Crippen molar-refractivity contribution >= 4 is 29.0 Å². The van der Waals surface area contributed by atoms with E-state index in [0.29, 0.717) is 24.2 Å². The van der Waals surface area contributed by atoms with E-state index < -0.39 is 0 Å². The molecule has 136 valence electrons. The quantitative estimate of drug-likeness (QED) is 0.864. The van der Waals surface area contributed by atoms with Crippen molar-refractivity contribution in [1.82, 2.24) is 15.5 Å². The van der Waals surface area contributed by atoms with Crippen molar-refractivity contribution in [3.8, 4) is 0 Å². The van der Waals surface area contributed by atoms with Crippen molar-refractivity contribution in [3.05, 3.63) is 47.1 Å². The first-order valence-electron chi connectivity index (χ1n) is 9.05. The monoisotopic (exact) mass is 371 g/mol. The first-order chi connectivity index (χ1) is 12.7. The fraction of sp³-hybridized carbons (Fsp3) is 0.421. The summed E-state index contributed by atoms with van der Waals surface area (Å²) >= 11 is 5.75. The first kappa shape index (κ1) is 17.2. The molecular formula is C19H22ClN5O. The molecule has 1 aromatic heterocycles. The average molecular weight is 372 g/mol. The Balaban J connectivity index is 1.29. The van der Waals surface area contributed by atoms with Crippen LogP contribution < -0.4 is 15.5 Å². The zero-order chi connectivity index (χ0) is 17.9. The zero-order valence-corrected chi connectivity index (χ0v) is 15.2. The van der Waals surface area contributed by atoms with E-state index in [0.717, 1.165) is 24.6 Å². The van der Waals surface area contributed by atoms with Crippen LogP contribution in [-0.2, 0) is 4.79 Å². The van der Waals surface area contributed by atoms with Gasteiger partial charge in [0.1, 0.15) is 0 Å². The second-order valence-electron chi connectivity index (χ2n) is 6.95. The number of amides is 1. The fourth-order valence-electron chi connectivity index (χ4n) is 3.55. The summed E-state index contributed by atoms with van der Waals surface area (Å²) in [6.07, 6.45) is 2.36. The van der Waals surface area contributed by atoms with E-state index in [1.54, 1.807) is 6.07 Å². The standard InChI is InChI=1S/C19H22ClN5O/c20-17-5-6-18(24-23-17)25-11-15(12-25)19(26)22-16-3-1-13(2-4-16)14-7-9-21-10-8-14/h1-6,14-15,21H,7-12H2,(H,22,26). The number of nitrogens with one attached hydrogen (secondary N) is 2. The number of nitrogens with zero attached hydrogens (tertiary/aromatic N) is 3. The van der Waals surface area contributed by atoms with Crippen molar-refractivity contribution < 1.29 is 4.79 Å². The average Bonchev–Trinajstić information content (AvgIpc) is 2.63. The smallest absolute Gasteiger partial charge is 0.231 e. The molecule has 0 radical (unpaired) electrons. The van der Waals surface area contributed by atoms with Gasteiger partial charge in [0.25, 0.3) is 0 Å². The van der Waals surface area contributed by atoms with Crippen molar-refractivity contribution in [3.63, 3.8) is 0 Å². The summed E-state index contributed by atoms with van der Waals surface area (Å²) in [5.41, 5.74) is 2.22. The van der Waals surface area contributed by atoms with E-state index in [9.17, 15) is 4.79 Å². The topological polar surface area (TPSA) is 70.2 Å². The van der Waals surface area contributed by atoms with Gasteiger partial charge in [-0.15, -0.1) is 10.2 Å². The third kappa shape index (κ3) is 3.81. The Labute approximate surface area is 157 Å². The van der Waals surface area contributed by atoms with Gasteiger partial charge in [0.15, 0.2) is 11.0 Å². The van der Waals surface area contributed by atoms with E-state index in [1.807, 2.05) is 23.1 Å². The van der Waals surface area contributed by atoms with Gasteiger partial charge in [-0.05, 0) is 61.7 Å². The lowest BCUT2D eigenvalue weighted by Gasteiger charge is -2.38. The lowest BCUT2D eigenvalue weighted by Crippen LogP contribution is -2.52. The van der Waals surface area contributed by atoms with Gasteiger partial charge in [-0.25, -0.2) is 0 Å². The molecule has 2 aromatic rings. The van der Waals surface area contributed by atoms with Crippen LogP contribution in [0, 0.1) is 5.92 Å². The van der Waals surface area contributed by atoms with Crippen molar-refractivity contribution in [2.45, 2.75) is 18.8 Å². The third-order valence-electron chi connectivity index (χ3n) is 5.18. The van der Waals surface area contributed by atoms with Crippen molar-refractivity contribution in [2.75, 3.05) is 36.4 Å². The molecule has 0 atom stereocenters. The van der Waals surface area contributed by atoms with Gasteiger partial charge in [0.2, 0.25) is 5.91 Å². The van der Waals surface area contributed by atoms with Crippen LogP contribution >= 0.6 is 11.6 Å². The van der Waals surface area contributed by atoms with Gasteiger partial charge in [-0.2, -0.15) is 0 Å². The van der Waals surface area contributed by atoms with Crippen LogP contribution in [0.1, 0.15) is 24.3 Å². The molecule has 0 spiro atoms. The molecular weight excluding hydrogens is 350 g/mol. The normalized spacial score (nSPS) is 18.4. The lowest BCUT2D eigenvalue weighted by molar-refractivity contribution is -0.120. The minimum absolute atomic E-state index is 0.0310. The number of aromatic nitrogens is 2. The van der Waals surface area contributed by atoms with Crippen LogP contribution in [0.4, 0.5) is 11.5 Å². The Hall–Kier alpha value is -2.18. The molecule has 0 saturated carbocycles. The molecule has 1 aromatic carbocycles. The second-order valence-corrected chi connectivity index (χ2v) is 7.34. The van der Waals surface area contributed by atoms with Gasteiger partial charge >= 0.3 is 0 Å². The molecule has 2 saturated heterocycles. The number of carbonyl (C=O) groups is 1. The van der Waals surface area contributed by atoms with Crippen LogP contribution in [0.3, 0.4) is 0 Å². The minimum atomic E-state index is -0.0310. The van der Waals surface area contributed by atoms with Crippen LogP contribution in [0.2, 0.25) is 5.15 Å². The molecule has 3 heterocycles. The van der Waals surface area contributed by atoms with Crippen LogP contribution in [0.15, 0.2) is 36.4 Å². The molecule has 1 amide bonds. The summed E-state index contributed by atoms with van der Waals surface area (Å²) in [6, 6.07) is 11.8. The molecule has 0 unspecified atom stereocenters. The van der Waals surface area contributed by atoms with Gasteiger partial charge in [0, 0.05) is 18.8 Å². The van der Waals surface area contributed by atoms with Crippen LogP contribution in [-0.4, -0.2) is 42.3 Å². The minimum Gasteiger partial charge on any atom is -0.353 e. The van der Waals surface area contributed by atoms with Gasteiger partial charge < -0.3 is 15.5 Å². The molecule has 0 bridgehead atoms. The highest BCUT2D eigenvalue weighted by Gasteiger charge is 2.33. The van der Waals surface area contributed by atoms with E-state index in [4.69, 9.17) is 11.6 Å². The maximum Gasteiger partial charge on any atom is 0.231 e. The van der Waals surface area contributed by atoms with E-state index in [-0.39, 0.29) is 11.8 Å². The van der Waals surface area contributed by atoms with Gasteiger partial charge in [-0.1, -0.05) is 23.7 Å². The van der Waals surface area contributed by atoms with Crippen LogP contribution in [0.5, 0.6) is 0 Å². The van der Waals surface area contributed by atoms with Crippen LogP contribution in [0.25, 0.3) is 0 Å². The summed E-state index contributed by atoms with van der Waals surface area (Å²) in [4.78, 5) is 14.4. The summed E-state index contributed by atoms with van der Waals surface area (Å²) in [6.45, 7) is 3.46.